The van der Waals surface area contributed by atoms with Crippen LogP contribution in [0.25, 0.3) is 0 Å². The van der Waals surface area contributed by atoms with Crippen molar-refractivity contribution >= 4 is 38.4 Å². The van der Waals surface area contributed by atoms with Gasteiger partial charge in [0.15, 0.2) is 0 Å². The Morgan fingerprint density at radius 2 is 0.963 bits per heavy atom. The van der Waals surface area contributed by atoms with E-state index in [1.54, 1.807) is 0 Å². The number of hydrogen-bond acceptors (Lipinski definition) is 3. The van der Waals surface area contributed by atoms with Crippen LogP contribution < -0.4 is 0 Å². The van der Waals surface area contributed by atoms with Gasteiger partial charge in [0, 0.05) is 0 Å². The van der Waals surface area contributed by atoms with Gasteiger partial charge in [-0.25, -0.2) is 0 Å². The molecule has 0 fully saturated rings. The van der Waals surface area contributed by atoms with Gasteiger partial charge in [-0.3, -0.25) is 4.79 Å². The summed E-state index contributed by atoms with van der Waals surface area (Å²) in [7, 11) is 0. The van der Waals surface area contributed by atoms with E-state index in [1.807, 2.05) is 0 Å². The van der Waals surface area contributed by atoms with Crippen LogP contribution in [0.4, 0.5) is 0 Å². The van der Waals surface area contributed by atoms with Crippen LogP contribution in [0.3, 0.4) is 0 Å². The molecule has 0 bridgehead atoms. The molecule has 4 heteroatoms. The maximum atomic E-state index is 10.9. The summed E-state index contributed by atoms with van der Waals surface area (Å²) in [6, 6.07) is 0. The Morgan fingerprint density at radius 1 is 0.667 bits per heavy atom. The van der Waals surface area contributed by atoms with Crippen molar-refractivity contribution in [3.8, 4) is 0 Å². The van der Waals surface area contributed by atoms with Crippen LogP contribution >= 0.6 is 12.6 Å². The summed E-state index contributed by atoms with van der Waals surface area (Å²) in [5.41, 5.74) is 0. The molecule has 0 aromatic heterocycles. The zero-order valence-electron chi connectivity index (χ0n) is 19.0. The Kier molecular flexibility index (Phi) is 29.4. The van der Waals surface area contributed by atoms with E-state index in [0.717, 1.165) is 6.42 Å². The van der Waals surface area contributed by atoms with Gasteiger partial charge in [0.25, 0.3) is 0 Å². The van der Waals surface area contributed by atoms with E-state index in [0.29, 0.717) is 6.61 Å². The van der Waals surface area contributed by atoms with Gasteiger partial charge in [-0.05, 0) is 6.42 Å². The van der Waals surface area contributed by atoms with E-state index in [1.165, 1.54) is 96.3 Å². The van der Waals surface area contributed by atoms with Crippen molar-refractivity contribution in [2.75, 3.05) is 12.4 Å². The predicted octanol–water partition coefficient (Wildman–Crippen LogP) is 8.09. The third-order valence-electron chi connectivity index (χ3n) is 4.39. The van der Waals surface area contributed by atoms with Crippen LogP contribution in [0.5, 0.6) is 0 Å². The number of thiol groups is 1. The molecule has 0 aliphatic carbocycles. The number of unbranched alkanes of at least 4 members (excludes halogenated alkanes) is 15. The van der Waals surface area contributed by atoms with Crippen molar-refractivity contribution in [3.63, 3.8) is 0 Å². The Labute approximate surface area is 184 Å². The van der Waals surface area contributed by atoms with Gasteiger partial charge in [-0.1, -0.05) is 103 Å². The van der Waals surface area contributed by atoms with E-state index in [9.17, 15) is 4.79 Å². The van der Waals surface area contributed by atoms with Gasteiger partial charge in [-0.2, -0.15) is 12.6 Å². The van der Waals surface area contributed by atoms with Crippen LogP contribution in [0.2, 0.25) is 14.8 Å². The number of rotatable bonds is 18. The average molecular weight is 508 g/mol. The fourth-order valence-electron chi connectivity index (χ4n) is 2.88. The predicted molar refractivity (Wildman–Crippen MR) is 128 cm³/mol. The van der Waals surface area contributed by atoms with Gasteiger partial charge in [0.05, 0.1) is 12.4 Å². The minimum absolute atomic E-state index is 0.193. The fraction of sp³-hybridized carbons (Fsp3) is 0.957. The summed E-state index contributed by atoms with van der Waals surface area (Å²) in [5, 5.41) is 0. The summed E-state index contributed by atoms with van der Waals surface area (Å²) < 4.78 is 4.99. The average Bonchev–Trinajstić information content (AvgIpc) is 2.63. The molecule has 0 aliphatic rings. The Hall–Kier alpha value is 0.619. The van der Waals surface area contributed by atoms with Gasteiger partial charge < -0.3 is 4.74 Å². The molecule has 0 unspecified atom stereocenters. The molecule has 0 amide bonds. The molecule has 0 aromatic rings. The standard InChI is InChI=1S/C20H40O2S.3CH3.Sn/c1-2-3-4-5-6-7-8-9-10-11-12-13-14-15-16-17-18-22-20(21)19-23;;;;/h23H,2-19H2,1H3;3*1H3;. The first kappa shape index (κ1) is 29.8. The van der Waals surface area contributed by atoms with Crippen molar-refractivity contribution in [1.29, 1.82) is 0 Å². The quantitative estimate of drug-likeness (QED) is 0.0877. The Bertz CT molecular complexity index is 283. The number of ether oxygens (including phenoxy) is 1. The monoisotopic (exact) mass is 509 g/mol. The van der Waals surface area contributed by atoms with Crippen LogP contribution in [0.1, 0.15) is 110 Å². The summed E-state index contributed by atoms with van der Waals surface area (Å²) in [5.74, 6) is -0.00642. The van der Waals surface area contributed by atoms with E-state index in [4.69, 9.17) is 4.74 Å². The topological polar surface area (TPSA) is 26.3 Å². The molecular formula is C23H49O2SSn. The van der Waals surface area contributed by atoms with Crippen molar-refractivity contribution in [2.45, 2.75) is 124 Å². The second kappa shape index (κ2) is 26.6. The number of hydrogen-bond donors (Lipinski definition) is 1. The van der Waals surface area contributed by atoms with Crippen molar-refractivity contribution < 1.29 is 9.53 Å². The normalized spacial score (nSPS) is 10.6. The molecule has 163 valence electrons. The summed E-state index contributed by atoms with van der Waals surface area (Å²) in [6.45, 7) is 2.85. The van der Waals surface area contributed by atoms with E-state index in [2.05, 4.69) is 34.4 Å². The SMILES string of the molecule is CCCCCCCCCCCCCCCCCCOC(=O)CS.[CH3][Sn]([CH3])[CH3]. The molecule has 2 nitrogen and oxygen atoms in total. The molecule has 0 spiro atoms. The number of esters is 1. The zero-order valence-corrected chi connectivity index (χ0v) is 22.7. The van der Waals surface area contributed by atoms with Gasteiger partial charge >= 0.3 is 40.5 Å². The molecule has 0 aliphatic heterocycles. The first-order valence-corrected chi connectivity index (χ1v) is 20.8. The van der Waals surface area contributed by atoms with Crippen LogP contribution in [-0.2, 0) is 9.53 Å². The van der Waals surface area contributed by atoms with Gasteiger partial charge in [-0.15, -0.1) is 0 Å². The van der Waals surface area contributed by atoms with Crippen molar-refractivity contribution in [1.82, 2.24) is 0 Å². The van der Waals surface area contributed by atoms with Crippen LogP contribution in [0, 0.1) is 0 Å². The summed E-state index contributed by atoms with van der Waals surface area (Å²) in [6.07, 6.45) is 21.8. The number of carbonyl (C=O) groups excluding carboxylic acids is 1. The molecule has 27 heavy (non-hydrogen) atoms. The van der Waals surface area contributed by atoms with Crippen molar-refractivity contribution in [2.24, 2.45) is 0 Å². The Balaban J connectivity index is 0. The molecule has 0 rings (SSSR count). The third kappa shape index (κ3) is 34.5. The summed E-state index contributed by atoms with van der Waals surface area (Å²) >= 11 is 3.33. The second-order valence-corrected chi connectivity index (χ2v) is 17.1. The molecule has 1 radical (unpaired) electrons. The first-order chi connectivity index (χ1) is 13.0. The zero-order chi connectivity index (χ0) is 20.6. The number of carbonyl (C=O) groups is 1. The molecule has 0 aromatic carbocycles. The molecule has 0 atom stereocenters. The van der Waals surface area contributed by atoms with E-state index < -0.39 is 19.8 Å². The maximum absolute atomic E-state index is 10.9. The Morgan fingerprint density at radius 3 is 1.26 bits per heavy atom. The third-order valence-corrected chi connectivity index (χ3v) is 4.65. The first-order valence-electron chi connectivity index (χ1n) is 11.6. The van der Waals surface area contributed by atoms with Crippen molar-refractivity contribution in [3.05, 3.63) is 0 Å². The molecule has 0 saturated carbocycles. The van der Waals surface area contributed by atoms with E-state index in [-0.39, 0.29) is 11.7 Å². The molecule has 0 N–H and O–H groups in total. The van der Waals surface area contributed by atoms with Crippen LogP contribution in [0.15, 0.2) is 0 Å². The molecule has 0 saturated heterocycles. The fourth-order valence-corrected chi connectivity index (χ4v) is 2.97. The summed E-state index contributed by atoms with van der Waals surface area (Å²) in [4.78, 5) is 18.0. The van der Waals surface area contributed by atoms with E-state index >= 15 is 0 Å². The minimum atomic E-state index is -0.543. The molecular weight excluding hydrogens is 459 g/mol. The van der Waals surface area contributed by atoms with Crippen LogP contribution in [-0.4, -0.2) is 38.1 Å². The van der Waals surface area contributed by atoms with Gasteiger partial charge in [0.1, 0.15) is 0 Å². The molecule has 0 heterocycles. The van der Waals surface area contributed by atoms with Gasteiger partial charge in [0.2, 0.25) is 0 Å². The second-order valence-electron chi connectivity index (χ2n) is 8.18.